The minimum atomic E-state index is -0.518. The molecule has 2 N–H and O–H groups in total. The van der Waals surface area contributed by atoms with Crippen molar-refractivity contribution in [3.63, 3.8) is 0 Å². The van der Waals surface area contributed by atoms with Gasteiger partial charge < -0.3 is 24.8 Å². The quantitative estimate of drug-likeness (QED) is 0.571. The zero-order valence-corrected chi connectivity index (χ0v) is 19.5. The topological polar surface area (TPSA) is 108 Å². The van der Waals surface area contributed by atoms with Crippen molar-refractivity contribution in [3.05, 3.63) is 64.4 Å². The number of methoxy groups -OCH3 is 3. The molecule has 1 aliphatic carbocycles. The van der Waals surface area contributed by atoms with E-state index in [0.717, 1.165) is 16.8 Å². The molecule has 34 heavy (non-hydrogen) atoms. The third kappa shape index (κ3) is 3.72. The predicted octanol–water partition coefficient (Wildman–Crippen LogP) is 4.38. The Balaban J connectivity index is 1.63. The molecule has 9 heteroatoms. The number of carbonyl (C=O) groups is 1. The van der Waals surface area contributed by atoms with Crippen LogP contribution in [-0.2, 0) is 4.79 Å². The summed E-state index contributed by atoms with van der Waals surface area (Å²) >= 11 is 0. The molecule has 1 aromatic heterocycles. The molecule has 2 unspecified atom stereocenters. The normalized spacial score (nSPS) is 19.4. The molecule has 0 saturated heterocycles. The molecule has 2 aliphatic rings. The first-order valence-electron chi connectivity index (χ1n) is 11.0. The molecule has 0 bridgehead atoms. The number of nitrogens with zero attached hydrogens (tertiary/aromatic N) is 2. The summed E-state index contributed by atoms with van der Waals surface area (Å²) in [6.45, 7) is 2.06. The molecule has 0 saturated carbocycles. The highest BCUT2D eigenvalue weighted by Crippen LogP contribution is 2.46. The van der Waals surface area contributed by atoms with E-state index in [2.05, 4.69) is 46.1 Å². The number of nitrogens with one attached hydrogen (secondary N) is 2. The lowest BCUT2D eigenvalue weighted by atomic mass is 9.78. The van der Waals surface area contributed by atoms with Crippen LogP contribution in [0.1, 0.15) is 41.5 Å². The zero-order chi connectivity index (χ0) is 23.8. The number of hydrogen-bond acceptors (Lipinski definition) is 9. The second-order valence-corrected chi connectivity index (χ2v) is 8.46. The maximum atomic E-state index is 13.6. The van der Waals surface area contributed by atoms with Crippen LogP contribution in [0.3, 0.4) is 0 Å². The number of aromatic nitrogens is 2. The van der Waals surface area contributed by atoms with Gasteiger partial charge in [-0.3, -0.25) is 4.79 Å². The standard InChI is InChI=1S/C25H26N4O5/c1-13-6-5-7-14(8-13)15-9-17-21(18(30)10-15)22(27-25-24(26-17)28-34-29-25)16-11-19(31-2)23(33-4)20(12-16)32-3/h5-8,11-12,15,22H,9-10H2,1-4H3,(H,26,28)(H,27,29). The van der Waals surface area contributed by atoms with Gasteiger partial charge in [0.25, 0.3) is 0 Å². The van der Waals surface area contributed by atoms with Crippen LogP contribution in [-0.4, -0.2) is 37.4 Å². The number of Topliss-reactive ketones (excluding diaryl/α,β-unsaturated/α-hetero) is 1. The van der Waals surface area contributed by atoms with Gasteiger partial charge in [0.1, 0.15) is 0 Å². The van der Waals surface area contributed by atoms with Crippen LogP contribution >= 0.6 is 0 Å². The monoisotopic (exact) mass is 462 g/mol. The number of benzene rings is 2. The number of ketones is 1. The Kier molecular flexibility index (Phi) is 5.61. The van der Waals surface area contributed by atoms with E-state index >= 15 is 0 Å². The zero-order valence-electron chi connectivity index (χ0n) is 19.5. The molecule has 2 aromatic carbocycles. The molecule has 2 heterocycles. The van der Waals surface area contributed by atoms with Crippen LogP contribution in [0.25, 0.3) is 0 Å². The van der Waals surface area contributed by atoms with Gasteiger partial charge in [-0.1, -0.05) is 29.8 Å². The van der Waals surface area contributed by atoms with Crippen LogP contribution in [0.15, 0.2) is 52.3 Å². The number of aryl methyl sites for hydroxylation is 1. The Labute approximate surface area is 197 Å². The third-order valence-corrected chi connectivity index (χ3v) is 6.37. The average Bonchev–Trinajstić information content (AvgIpc) is 3.21. The molecule has 1 aliphatic heterocycles. The number of ether oxygens (including phenoxy) is 3. The number of hydrogen-bond donors (Lipinski definition) is 2. The summed E-state index contributed by atoms with van der Waals surface area (Å²) in [6.07, 6.45) is 1.06. The van der Waals surface area contributed by atoms with Gasteiger partial charge in [-0.25, -0.2) is 4.63 Å². The smallest absolute Gasteiger partial charge is 0.219 e. The second kappa shape index (κ2) is 8.74. The van der Waals surface area contributed by atoms with Crippen LogP contribution in [0.4, 0.5) is 11.6 Å². The lowest BCUT2D eigenvalue weighted by molar-refractivity contribution is -0.116. The fourth-order valence-electron chi connectivity index (χ4n) is 4.78. The van der Waals surface area contributed by atoms with Crippen LogP contribution in [0, 0.1) is 6.92 Å². The molecule has 0 fully saturated rings. The second-order valence-electron chi connectivity index (χ2n) is 8.46. The molecule has 5 rings (SSSR count). The van der Waals surface area contributed by atoms with Crippen molar-refractivity contribution in [2.75, 3.05) is 32.0 Å². The van der Waals surface area contributed by atoms with Gasteiger partial charge in [0.15, 0.2) is 17.3 Å². The molecule has 0 spiro atoms. The molecule has 0 radical (unpaired) electrons. The van der Waals surface area contributed by atoms with Crippen molar-refractivity contribution < 1.29 is 23.6 Å². The van der Waals surface area contributed by atoms with Gasteiger partial charge in [-0.05, 0) is 52.8 Å². The van der Waals surface area contributed by atoms with E-state index < -0.39 is 6.04 Å². The minimum absolute atomic E-state index is 0.0496. The fraction of sp³-hybridized carbons (Fsp3) is 0.320. The SMILES string of the molecule is COc1cc(C2Nc3nonc3NC3=C2C(=O)CC(c2cccc(C)c2)C3)cc(OC)c1OC. The van der Waals surface area contributed by atoms with Crippen molar-refractivity contribution >= 4 is 17.4 Å². The number of allylic oxidation sites excluding steroid dienone is 1. The molecule has 3 aromatic rings. The minimum Gasteiger partial charge on any atom is -0.493 e. The van der Waals surface area contributed by atoms with E-state index in [1.54, 1.807) is 21.3 Å². The Morgan fingerprint density at radius 1 is 0.941 bits per heavy atom. The third-order valence-electron chi connectivity index (χ3n) is 6.37. The molecule has 176 valence electrons. The van der Waals surface area contributed by atoms with Gasteiger partial charge in [0, 0.05) is 17.7 Å². The van der Waals surface area contributed by atoms with E-state index in [-0.39, 0.29) is 11.7 Å². The summed E-state index contributed by atoms with van der Waals surface area (Å²) in [7, 11) is 4.68. The summed E-state index contributed by atoms with van der Waals surface area (Å²) in [5.41, 5.74) is 4.50. The van der Waals surface area contributed by atoms with Crippen molar-refractivity contribution in [2.45, 2.75) is 31.7 Å². The number of rotatable bonds is 5. The van der Waals surface area contributed by atoms with E-state index in [0.29, 0.717) is 47.3 Å². The number of anilines is 2. The van der Waals surface area contributed by atoms with Crippen molar-refractivity contribution in [1.29, 1.82) is 0 Å². The number of fused-ring (bicyclic) bond motifs is 1. The molecular weight excluding hydrogens is 436 g/mol. The molecular formula is C25H26N4O5. The van der Waals surface area contributed by atoms with Crippen LogP contribution in [0.5, 0.6) is 17.2 Å². The number of carbonyl (C=O) groups excluding carboxylic acids is 1. The lowest BCUT2D eigenvalue weighted by Gasteiger charge is -2.30. The Hall–Kier alpha value is -4.01. The fourth-order valence-corrected chi connectivity index (χ4v) is 4.78. The van der Waals surface area contributed by atoms with E-state index in [1.807, 2.05) is 18.2 Å². The first kappa shape index (κ1) is 21.8. The van der Waals surface area contributed by atoms with Gasteiger partial charge in [-0.15, -0.1) is 0 Å². The summed E-state index contributed by atoms with van der Waals surface area (Å²) in [5, 5.41) is 14.6. The Morgan fingerprint density at radius 3 is 2.35 bits per heavy atom. The van der Waals surface area contributed by atoms with Crippen LogP contribution < -0.4 is 24.8 Å². The summed E-state index contributed by atoms with van der Waals surface area (Å²) in [6, 6.07) is 11.4. The van der Waals surface area contributed by atoms with Gasteiger partial charge in [-0.2, -0.15) is 0 Å². The summed E-state index contributed by atoms with van der Waals surface area (Å²) in [4.78, 5) is 13.6. The molecule has 9 nitrogen and oxygen atoms in total. The summed E-state index contributed by atoms with van der Waals surface area (Å²) in [5.74, 6) is 2.45. The van der Waals surface area contributed by atoms with E-state index in [9.17, 15) is 4.79 Å². The van der Waals surface area contributed by atoms with Gasteiger partial charge >= 0.3 is 0 Å². The van der Waals surface area contributed by atoms with Gasteiger partial charge in [0.2, 0.25) is 17.4 Å². The van der Waals surface area contributed by atoms with Crippen molar-refractivity contribution in [1.82, 2.24) is 10.3 Å². The highest BCUT2D eigenvalue weighted by atomic mass is 16.6. The first-order chi connectivity index (χ1) is 16.5. The van der Waals surface area contributed by atoms with E-state index in [4.69, 9.17) is 18.8 Å². The first-order valence-corrected chi connectivity index (χ1v) is 11.0. The maximum absolute atomic E-state index is 13.6. The van der Waals surface area contributed by atoms with Gasteiger partial charge in [0.05, 0.1) is 27.4 Å². The maximum Gasteiger partial charge on any atom is 0.219 e. The molecule has 0 amide bonds. The van der Waals surface area contributed by atoms with Crippen molar-refractivity contribution in [3.8, 4) is 17.2 Å². The van der Waals surface area contributed by atoms with Crippen LogP contribution in [0.2, 0.25) is 0 Å². The highest BCUT2D eigenvalue weighted by molar-refractivity contribution is 6.01. The Morgan fingerprint density at radius 2 is 1.68 bits per heavy atom. The predicted molar refractivity (Wildman–Crippen MR) is 126 cm³/mol. The highest BCUT2D eigenvalue weighted by Gasteiger charge is 2.38. The Bertz CT molecular complexity index is 1260. The van der Waals surface area contributed by atoms with E-state index in [1.165, 1.54) is 5.56 Å². The lowest BCUT2D eigenvalue weighted by Crippen LogP contribution is -2.27. The average molecular weight is 463 g/mol. The summed E-state index contributed by atoms with van der Waals surface area (Å²) < 4.78 is 21.5. The van der Waals surface area contributed by atoms with Crippen molar-refractivity contribution in [2.24, 2.45) is 0 Å². The largest absolute Gasteiger partial charge is 0.493 e. The molecule has 2 atom stereocenters.